The van der Waals surface area contributed by atoms with Crippen LogP contribution in [0.1, 0.15) is 18.1 Å². The Morgan fingerprint density at radius 2 is 2.12 bits per heavy atom. The number of rotatable bonds is 1. The Labute approximate surface area is 138 Å². The van der Waals surface area contributed by atoms with Gasteiger partial charge in [-0.1, -0.05) is 12.1 Å². The van der Waals surface area contributed by atoms with E-state index in [-0.39, 0.29) is 22.8 Å². The molecule has 7 nitrogen and oxygen atoms in total. The lowest BCUT2D eigenvalue weighted by Crippen LogP contribution is -2.46. The van der Waals surface area contributed by atoms with Crippen molar-refractivity contribution in [2.75, 3.05) is 12.4 Å². The van der Waals surface area contributed by atoms with Gasteiger partial charge < -0.3 is 20.5 Å². The first kappa shape index (κ1) is 15.6. The first-order valence-corrected chi connectivity index (χ1v) is 7.19. The van der Waals surface area contributed by atoms with Crippen molar-refractivity contribution in [3.63, 3.8) is 0 Å². The summed E-state index contributed by atoms with van der Waals surface area (Å²) in [6.07, 6.45) is 0. The summed E-state index contributed by atoms with van der Waals surface area (Å²) in [5.74, 6) is -1.35. The van der Waals surface area contributed by atoms with E-state index in [1.54, 1.807) is 25.1 Å². The molecule has 7 heteroatoms. The second-order valence-electron chi connectivity index (χ2n) is 5.58. The van der Waals surface area contributed by atoms with E-state index in [2.05, 4.69) is 5.32 Å². The third-order valence-electron chi connectivity index (χ3n) is 4.35. The molecule has 0 aromatic heterocycles. The zero-order chi connectivity index (χ0) is 17.6. The second-order valence-corrected chi connectivity index (χ2v) is 5.58. The highest BCUT2D eigenvalue weighted by Crippen LogP contribution is 2.52. The maximum atomic E-state index is 13.0. The maximum absolute atomic E-state index is 13.0. The van der Waals surface area contributed by atoms with Gasteiger partial charge in [0.25, 0.3) is 0 Å². The van der Waals surface area contributed by atoms with Crippen LogP contribution in [-0.2, 0) is 24.5 Å². The highest BCUT2D eigenvalue weighted by atomic mass is 16.5. The summed E-state index contributed by atoms with van der Waals surface area (Å²) < 4.78 is 10.2. The minimum absolute atomic E-state index is 0.0405. The van der Waals surface area contributed by atoms with Crippen molar-refractivity contribution in [1.29, 1.82) is 5.26 Å². The molecule has 1 aromatic carbocycles. The molecule has 0 aliphatic carbocycles. The van der Waals surface area contributed by atoms with Crippen molar-refractivity contribution in [3.8, 4) is 6.07 Å². The van der Waals surface area contributed by atoms with E-state index in [0.29, 0.717) is 11.3 Å². The fraction of sp³-hybridized carbons (Fsp3) is 0.235. The van der Waals surface area contributed by atoms with Gasteiger partial charge in [0, 0.05) is 11.3 Å². The van der Waals surface area contributed by atoms with Crippen molar-refractivity contribution < 1.29 is 19.1 Å². The summed E-state index contributed by atoms with van der Waals surface area (Å²) in [5.41, 5.74) is 5.81. The molecule has 1 unspecified atom stereocenters. The Hall–Kier alpha value is -3.27. The highest BCUT2D eigenvalue weighted by Gasteiger charge is 2.60. The summed E-state index contributed by atoms with van der Waals surface area (Å²) in [5, 5.41) is 12.4. The normalized spacial score (nSPS) is 22.0. The maximum Gasteiger partial charge on any atom is 0.339 e. The number of amides is 1. The van der Waals surface area contributed by atoms with E-state index in [9.17, 15) is 14.9 Å². The molecule has 0 saturated carbocycles. The van der Waals surface area contributed by atoms with Crippen LogP contribution in [0.5, 0.6) is 0 Å². The SMILES string of the molecule is COC(=O)C1=C(C)OC(N)=C(C#N)C12C(=O)Nc1cccc(C)c12. The molecule has 1 amide bonds. The van der Waals surface area contributed by atoms with Crippen LogP contribution in [0.15, 0.2) is 41.0 Å². The summed E-state index contributed by atoms with van der Waals surface area (Å²) in [7, 11) is 1.20. The number of fused-ring (bicyclic) bond motifs is 2. The third kappa shape index (κ3) is 1.71. The van der Waals surface area contributed by atoms with E-state index in [1.165, 1.54) is 14.0 Å². The highest BCUT2D eigenvalue weighted by molar-refractivity contribution is 6.17. The smallest absolute Gasteiger partial charge is 0.339 e. The number of nitrogens with one attached hydrogen (secondary N) is 1. The van der Waals surface area contributed by atoms with Crippen LogP contribution in [0.2, 0.25) is 0 Å². The predicted octanol–water partition coefficient (Wildman–Crippen LogP) is 1.36. The molecule has 0 fully saturated rings. The number of carbonyl (C=O) groups excluding carboxylic acids is 2. The topological polar surface area (TPSA) is 114 Å². The summed E-state index contributed by atoms with van der Waals surface area (Å²) in [6, 6.07) is 7.22. The number of nitrogens with zero attached hydrogens (tertiary/aromatic N) is 1. The van der Waals surface area contributed by atoms with Crippen LogP contribution in [-0.4, -0.2) is 19.0 Å². The van der Waals surface area contributed by atoms with Gasteiger partial charge in [-0.3, -0.25) is 4.79 Å². The molecule has 1 atom stereocenters. The lowest BCUT2D eigenvalue weighted by atomic mass is 9.67. The number of methoxy groups -OCH3 is 1. The molecular formula is C17H15N3O4. The van der Waals surface area contributed by atoms with Gasteiger partial charge in [0.1, 0.15) is 23.0 Å². The van der Waals surface area contributed by atoms with Gasteiger partial charge in [0.05, 0.1) is 7.11 Å². The van der Waals surface area contributed by atoms with Crippen molar-refractivity contribution in [3.05, 3.63) is 52.1 Å². The summed E-state index contributed by atoms with van der Waals surface area (Å²) in [6.45, 7) is 3.31. The Bertz CT molecular complexity index is 892. The Balaban J connectivity index is 2.49. The number of esters is 1. The fourth-order valence-corrected chi connectivity index (χ4v) is 3.46. The van der Waals surface area contributed by atoms with Crippen LogP contribution >= 0.6 is 0 Å². The minimum atomic E-state index is -1.67. The van der Waals surface area contributed by atoms with Gasteiger partial charge in [-0.25, -0.2) is 4.79 Å². The van der Waals surface area contributed by atoms with Gasteiger partial charge in [0.15, 0.2) is 5.41 Å². The lowest BCUT2D eigenvalue weighted by Gasteiger charge is -2.34. The minimum Gasteiger partial charge on any atom is -0.466 e. The van der Waals surface area contributed by atoms with E-state index in [0.717, 1.165) is 5.56 Å². The molecule has 3 rings (SSSR count). The van der Waals surface area contributed by atoms with Crippen molar-refractivity contribution in [1.82, 2.24) is 0 Å². The molecule has 0 saturated heterocycles. The molecule has 1 aromatic rings. The van der Waals surface area contributed by atoms with E-state index < -0.39 is 17.3 Å². The molecule has 0 radical (unpaired) electrons. The number of benzene rings is 1. The van der Waals surface area contributed by atoms with Crippen LogP contribution in [0.4, 0.5) is 5.69 Å². The lowest BCUT2D eigenvalue weighted by molar-refractivity contribution is -0.138. The molecular weight excluding hydrogens is 310 g/mol. The first-order chi connectivity index (χ1) is 11.4. The number of allylic oxidation sites excluding steroid dienone is 1. The van der Waals surface area contributed by atoms with E-state index >= 15 is 0 Å². The number of hydrogen-bond donors (Lipinski definition) is 2. The predicted molar refractivity (Wildman–Crippen MR) is 84.1 cm³/mol. The monoisotopic (exact) mass is 325 g/mol. The molecule has 2 aliphatic rings. The van der Waals surface area contributed by atoms with Gasteiger partial charge in [-0.05, 0) is 25.5 Å². The Morgan fingerprint density at radius 1 is 1.42 bits per heavy atom. The first-order valence-electron chi connectivity index (χ1n) is 7.19. The molecule has 2 heterocycles. The number of nitrogens with two attached hydrogens (primary N) is 1. The standard InChI is InChI=1S/C17H15N3O4/c1-8-5-4-6-11-12(8)17(16(22)20-11)10(7-18)14(19)24-9(2)13(17)15(21)23-3/h4-6H,19H2,1-3H3,(H,20,22). The zero-order valence-corrected chi connectivity index (χ0v) is 13.4. The van der Waals surface area contributed by atoms with Gasteiger partial charge >= 0.3 is 5.97 Å². The van der Waals surface area contributed by atoms with E-state index in [4.69, 9.17) is 15.2 Å². The number of carbonyl (C=O) groups is 2. The van der Waals surface area contributed by atoms with Gasteiger partial charge in [0.2, 0.25) is 11.8 Å². The van der Waals surface area contributed by atoms with Crippen LogP contribution in [0.3, 0.4) is 0 Å². The zero-order valence-electron chi connectivity index (χ0n) is 13.4. The van der Waals surface area contributed by atoms with Gasteiger partial charge in [-0.15, -0.1) is 0 Å². The molecule has 122 valence electrons. The Morgan fingerprint density at radius 3 is 2.75 bits per heavy atom. The summed E-state index contributed by atoms with van der Waals surface area (Å²) in [4.78, 5) is 25.5. The molecule has 1 spiro atoms. The number of ether oxygens (including phenoxy) is 2. The number of aryl methyl sites for hydroxylation is 1. The second kappa shape index (κ2) is 5.13. The molecule has 2 aliphatic heterocycles. The van der Waals surface area contributed by atoms with Crippen LogP contribution in [0.25, 0.3) is 0 Å². The largest absolute Gasteiger partial charge is 0.466 e. The average Bonchev–Trinajstić information content (AvgIpc) is 2.81. The molecule has 0 bridgehead atoms. The number of hydrogen-bond acceptors (Lipinski definition) is 6. The van der Waals surface area contributed by atoms with Crippen molar-refractivity contribution >= 4 is 17.6 Å². The fourth-order valence-electron chi connectivity index (χ4n) is 3.46. The van der Waals surface area contributed by atoms with Crippen LogP contribution < -0.4 is 11.1 Å². The Kier molecular flexibility index (Phi) is 3.34. The number of anilines is 1. The van der Waals surface area contributed by atoms with Gasteiger partial charge in [-0.2, -0.15) is 5.26 Å². The van der Waals surface area contributed by atoms with Crippen LogP contribution in [0, 0.1) is 18.3 Å². The summed E-state index contributed by atoms with van der Waals surface area (Å²) >= 11 is 0. The third-order valence-corrected chi connectivity index (χ3v) is 4.35. The number of nitriles is 1. The quantitative estimate of drug-likeness (QED) is 0.753. The average molecular weight is 325 g/mol. The van der Waals surface area contributed by atoms with E-state index in [1.807, 2.05) is 6.07 Å². The molecule has 24 heavy (non-hydrogen) atoms. The molecule has 3 N–H and O–H groups in total. The van der Waals surface area contributed by atoms with Crippen molar-refractivity contribution in [2.24, 2.45) is 5.73 Å². The van der Waals surface area contributed by atoms with Crippen molar-refractivity contribution in [2.45, 2.75) is 19.3 Å².